The Hall–Kier alpha value is -2.09. The Morgan fingerprint density at radius 2 is 1.75 bits per heavy atom. The van der Waals surface area contributed by atoms with E-state index < -0.39 is 0 Å². The number of benzene rings is 2. The first-order chi connectivity index (χ1) is 9.58. The number of carbonyl (C=O) groups excluding carboxylic acids is 1. The standard InChI is InChI=1S/C18H21NO/c1-13(2)16-10-7-11-17(14(16)3)19-18(20)12-15-8-5-4-6-9-15/h4-11,13H,12H2,1-3H3,(H,19,20). The molecular formula is C18H21NO. The zero-order valence-corrected chi connectivity index (χ0v) is 12.3. The molecule has 0 spiro atoms. The molecule has 2 nitrogen and oxygen atoms in total. The zero-order chi connectivity index (χ0) is 14.5. The molecule has 0 radical (unpaired) electrons. The highest BCUT2D eigenvalue weighted by atomic mass is 16.1. The maximum atomic E-state index is 12.1. The van der Waals surface area contributed by atoms with Gasteiger partial charge < -0.3 is 5.32 Å². The van der Waals surface area contributed by atoms with E-state index in [9.17, 15) is 4.79 Å². The lowest BCUT2D eigenvalue weighted by Gasteiger charge is -2.14. The smallest absolute Gasteiger partial charge is 0.228 e. The van der Waals surface area contributed by atoms with Crippen molar-refractivity contribution in [3.63, 3.8) is 0 Å². The van der Waals surface area contributed by atoms with Gasteiger partial charge in [-0.2, -0.15) is 0 Å². The molecule has 1 amide bonds. The third kappa shape index (κ3) is 3.47. The van der Waals surface area contributed by atoms with Crippen LogP contribution in [0.25, 0.3) is 0 Å². The summed E-state index contributed by atoms with van der Waals surface area (Å²) in [5.74, 6) is 0.487. The average molecular weight is 267 g/mol. The molecule has 0 atom stereocenters. The maximum absolute atomic E-state index is 12.1. The van der Waals surface area contributed by atoms with E-state index in [4.69, 9.17) is 0 Å². The summed E-state index contributed by atoms with van der Waals surface area (Å²) in [4.78, 5) is 12.1. The maximum Gasteiger partial charge on any atom is 0.228 e. The van der Waals surface area contributed by atoms with Gasteiger partial charge in [0.05, 0.1) is 6.42 Å². The Labute approximate surface area is 120 Å². The van der Waals surface area contributed by atoms with Crippen molar-refractivity contribution in [2.75, 3.05) is 5.32 Å². The first kappa shape index (κ1) is 14.3. The van der Waals surface area contributed by atoms with Crippen molar-refractivity contribution in [2.45, 2.75) is 33.1 Å². The minimum absolute atomic E-state index is 0.0280. The normalized spacial score (nSPS) is 10.6. The minimum Gasteiger partial charge on any atom is -0.326 e. The van der Waals surface area contributed by atoms with Crippen LogP contribution >= 0.6 is 0 Å². The molecule has 0 aliphatic carbocycles. The van der Waals surface area contributed by atoms with Crippen LogP contribution in [0.2, 0.25) is 0 Å². The average Bonchev–Trinajstić information content (AvgIpc) is 2.42. The molecule has 2 rings (SSSR count). The van der Waals surface area contributed by atoms with Crippen LogP contribution in [0.3, 0.4) is 0 Å². The molecular weight excluding hydrogens is 246 g/mol. The lowest BCUT2D eigenvalue weighted by Crippen LogP contribution is -2.15. The van der Waals surface area contributed by atoms with Crippen molar-refractivity contribution in [3.8, 4) is 0 Å². The Balaban J connectivity index is 2.10. The molecule has 104 valence electrons. The second-order valence-corrected chi connectivity index (χ2v) is 5.39. The quantitative estimate of drug-likeness (QED) is 0.879. The number of carbonyl (C=O) groups is 1. The summed E-state index contributed by atoms with van der Waals surface area (Å²) in [6, 6.07) is 15.9. The summed E-state index contributed by atoms with van der Waals surface area (Å²) in [5, 5.41) is 3.02. The van der Waals surface area contributed by atoms with Gasteiger partial charge in [-0.25, -0.2) is 0 Å². The summed E-state index contributed by atoms with van der Waals surface area (Å²) < 4.78 is 0. The lowest BCUT2D eigenvalue weighted by molar-refractivity contribution is -0.115. The molecule has 0 aliphatic rings. The molecule has 0 saturated carbocycles. The Morgan fingerprint density at radius 1 is 1.05 bits per heavy atom. The van der Waals surface area contributed by atoms with E-state index in [1.165, 1.54) is 5.56 Å². The van der Waals surface area contributed by atoms with Crippen LogP contribution in [0.4, 0.5) is 5.69 Å². The van der Waals surface area contributed by atoms with Gasteiger partial charge in [0.1, 0.15) is 0 Å². The molecule has 20 heavy (non-hydrogen) atoms. The SMILES string of the molecule is Cc1c(NC(=O)Cc2ccccc2)cccc1C(C)C. The summed E-state index contributed by atoms with van der Waals surface area (Å²) in [5.41, 5.74) is 4.38. The van der Waals surface area contributed by atoms with Gasteiger partial charge >= 0.3 is 0 Å². The van der Waals surface area contributed by atoms with Crippen molar-refractivity contribution >= 4 is 11.6 Å². The van der Waals surface area contributed by atoms with Gasteiger partial charge in [-0.3, -0.25) is 4.79 Å². The topological polar surface area (TPSA) is 29.1 Å². The van der Waals surface area contributed by atoms with Crippen molar-refractivity contribution in [3.05, 3.63) is 65.2 Å². The fourth-order valence-corrected chi connectivity index (χ4v) is 2.39. The fourth-order valence-electron chi connectivity index (χ4n) is 2.39. The predicted octanol–water partition coefficient (Wildman–Crippen LogP) is 4.30. The Morgan fingerprint density at radius 3 is 2.40 bits per heavy atom. The molecule has 0 aromatic heterocycles. The van der Waals surface area contributed by atoms with Gasteiger partial charge in [0.25, 0.3) is 0 Å². The third-order valence-electron chi connectivity index (χ3n) is 3.48. The number of amides is 1. The Bertz CT molecular complexity index is 588. The number of hydrogen-bond acceptors (Lipinski definition) is 1. The summed E-state index contributed by atoms with van der Waals surface area (Å²) in [6.07, 6.45) is 0.409. The summed E-state index contributed by atoms with van der Waals surface area (Å²) in [7, 11) is 0. The summed E-state index contributed by atoms with van der Waals surface area (Å²) in [6.45, 7) is 6.39. The highest BCUT2D eigenvalue weighted by Crippen LogP contribution is 2.25. The monoisotopic (exact) mass is 267 g/mol. The van der Waals surface area contributed by atoms with E-state index in [0.717, 1.165) is 16.8 Å². The van der Waals surface area contributed by atoms with Gasteiger partial charge in [0.2, 0.25) is 5.91 Å². The van der Waals surface area contributed by atoms with E-state index in [-0.39, 0.29) is 5.91 Å². The van der Waals surface area contributed by atoms with Crippen LogP contribution in [0, 0.1) is 6.92 Å². The zero-order valence-electron chi connectivity index (χ0n) is 12.3. The van der Waals surface area contributed by atoms with Gasteiger partial charge in [-0.15, -0.1) is 0 Å². The molecule has 0 bridgehead atoms. The van der Waals surface area contributed by atoms with Gasteiger partial charge in [0.15, 0.2) is 0 Å². The fraction of sp³-hybridized carbons (Fsp3) is 0.278. The first-order valence-electron chi connectivity index (χ1n) is 7.01. The van der Waals surface area contributed by atoms with Gasteiger partial charge in [0, 0.05) is 5.69 Å². The molecule has 2 heteroatoms. The van der Waals surface area contributed by atoms with Crippen molar-refractivity contribution in [1.82, 2.24) is 0 Å². The molecule has 2 aromatic rings. The van der Waals surface area contributed by atoms with Crippen LogP contribution in [0.15, 0.2) is 48.5 Å². The van der Waals surface area contributed by atoms with E-state index in [1.54, 1.807) is 0 Å². The minimum atomic E-state index is 0.0280. The van der Waals surface area contributed by atoms with Crippen molar-refractivity contribution in [1.29, 1.82) is 0 Å². The van der Waals surface area contributed by atoms with Crippen molar-refractivity contribution in [2.24, 2.45) is 0 Å². The molecule has 0 aliphatic heterocycles. The van der Waals surface area contributed by atoms with Crippen molar-refractivity contribution < 1.29 is 4.79 Å². The van der Waals surface area contributed by atoms with E-state index in [1.807, 2.05) is 42.5 Å². The highest BCUT2D eigenvalue weighted by molar-refractivity contribution is 5.93. The number of rotatable bonds is 4. The molecule has 0 fully saturated rings. The summed E-state index contributed by atoms with van der Waals surface area (Å²) >= 11 is 0. The third-order valence-corrected chi connectivity index (χ3v) is 3.48. The van der Waals surface area contributed by atoms with Crippen LogP contribution in [0.1, 0.15) is 36.5 Å². The van der Waals surface area contributed by atoms with Gasteiger partial charge in [-0.05, 0) is 35.6 Å². The van der Waals surface area contributed by atoms with Crippen LogP contribution in [0.5, 0.6) is 0 Å². The Kier molecular flexibility index (Phi) is 4.57. The number of anilines is 1. The van der Waals surface area contributed by atoms with E-state index in [2.05, 4.69) is 32.2 Å². The largest absolute Gasteiger partial charge is 0.326 e. The second-order valence-electron chi connectivity index (χ2n) is 5.39. The molecule has 0 saturated heterocycles. The number of hydrogen-bond donors (Lipinski definition) is 1. The van der Waals surface area contributed by atoms with Crippen LogP contribution < -0.4 is 5.32 Å². The molecule has 1 N–H and O–H groups in total. The van der Waals surface area contributed by atoms with Crippen LogP contribution in [-0.2, 0) is 11.2 Å². The van der Waals surface area contributed by atoms with Gasteiger partial charge in [-0.1, -0.05) is 56.3 Å². The van der Waals surface area contributed by atoms with E-state index in [0.29, 0.717) is 12.3 Å². The first-order valence-corrected chi connectivity index (χ1v) is 7.01. The predicted molar refractivity (Wildman–Crippen MR) is 84.0 cm³/mol. The lowest BCUT2D eigenvalue weighted by atomic mass is 9.97. The second kappa shape index (κ2) is 6.38. The van der Waals surface area contributed by atoms with Crippen LogP contribution in [-0.4, -0.2) is 5.91 Å². The molecule has 0 unspecified atom stereocenters. The molecule has 0 heterocycles. The van der Waals surface area contributed by atoms with E-state index >= 15 is 0 Å². The number of nitrogens with one attached hydrogen (secondary N) is 1. The highest BCUT2D eigenvalue weighted by Gasteiger charge is 2.10. The molecule has 2 aromatic carbocycles.